The topological polar surface area (TPSA) is 12.5 Å². The minimum absolute atomic E-state index is 1.00. The predicted octanol–water partition coefficient (Wildman–Crippen LogP) is 2.18. The molecule has 2 nitrogen and oxygen atoms in total. The van der Waals surface area contributed by atoms with Crippen molar-refractivity contribution in [3.05, 3.63) is 30.7 Å². The van der Waals surface area contributed by atoms with Crippen LogP contribution in [0.1, 0.15) is 20.3 Å². The molecule has 2 heteroatoms. The van der Waals surface area contributed by atoms with E-state index >= 15 is 0 Å². The first-order chi connectivity index (χ1) is 5.88. The van der Waals surface area contributed by atoms with Crippen molar-refractivity contribution in [2.45, 2.75) is 20.3 Å². The molecule has 0 saturated carbocycles. The zero-order valence-corrected chi connectivity index (χ0v) is 7.71. The van der Waals surface area contributed by atoms with E-state index in [2.05, 4.69) is 25.4 Å². The number of nitrogens with zero attached hydrogens (tertiary/aromatic N) is 1. The highest BCUT2D eigenvalue weighted by Crippen LogP contribution is 2.13. The molecule has 0 aromatic carbocycles. The summed E-state index contributed by atoms with van der Waals surface area (Å²) in [6, 6.07) is 0. The molecule has 1 rings (SSSR count). The van der Waals surface area contributed by atoms with Crippen LogP contribution in [0.4, 0.5) is 0 Å². The highest BCUT2D eigenvalue weighted by atomic mass is 16.5. The third kappa shape index (κ3) is 2.29. The maximum absolute atomic E-state index is 4.97. The van der Waals surface area contributed by atoms with Gasteiger partial charge in [-0.1, -0.05) is 6.92 Å². The standard InChI is InChI=1S/C10H15NO/c1-3-7-11(4-2)10-6-5-8-12-9-10/h5-6,8H,3-4,7H2,1-2H3. The molecule has 0 fully saturated rings. The lowest BCUT2D eigenvalue weighted by Gasteiger charge is -2.24. The van der Waals surface area contributed by atoms with Gasteiger partial charge in [-0.3, -0.25) is 0 Å². The van der Waals surface area contributed by atoms with Crippen LogP contribution in [0.2, 0.25) is 0 Å². The maximum atomic E-state index is 4.97. The maximum Gasteiger partial charge on any atom is 0.246 e. The highest BCUT2D eigenvalue weighted by molar-refractivity contribution is 5.19. The Morgan fingerprint density at radius 1 is 1.50 bits per heavy atom. The molecule has 0 aromatic rings. The van der Waals surface area contributed by atoms with Gasteiger partial charge in [0, 0.05) is 13.1 Å². The molecule has 1 aliphatic rings. The van der Waals surface area contributed by atoms with Crippen LogP contribution in [-0.4, -0.2) is 18.0 Å². The van der Waals surface area contributed by atoms with Gasteiger partial charge in [0.2, 0.25) is 6.61 Å². The van der Waals surface area contributed by atoms with E-state index in [1.165, 1.54) is 0 Å². The van der Waals surface area contributed by atoms with Crippen molar-refractivity contribution in [3.63, 3.8) is 0 Å². The molecular weight excluding hydrogens is 150 g/mol. The van der Waals surface area contributed by atoms with Gasteiger partial charge in [-0.05, 0) is 25.5 Å². The minimum Gasteiger partial charge on any atom is -0.479 e. The summed E-state index contributed by atoms with van der Waals surface area (Å²) in [5.74, 6) is 0. The van der Waals surface area contributed by atoms with E-state index in [1.54, 1.807) is 6.26 Å². The SMILES string of the molecule is CCCN(CC)C1=CC=CO[C]1. The van der Waals surface area contributed by atoms with Gasteiger partial charge in [0.1, 0.15) is 0 Å². The summed E-state index contributed by atoms with van der Waals surface area (Å²) >= 11 is 0. The minimum atomic E-state index is 1.00. The summed E-state index contributed by atoms with van der Waals surface area (Å²) in [6.45, 7) is 9.23. The molecule has 1 heterocycles. The van der Waals surface area contributed by atoms with Crippen molar-refractivity contribution in [2.24, 2.45) is 0 Å². The number of likely N-dealkylation sites (N-methyl/N-ethyl adjacent to an activating group) is 1. The normalized spacial score (nSPS) is 15.3. The average molecular weight is 165 g/mol. The highest BCUT2D eigenvalue weighted by Gasteiger charge is 2.09. The molecule has 0 aliphatic carbocycles. The van der Waals surface area contributed by atoms with E-state index < -0.39 is 0 Å². The molecule has 0 saturated heterocycles. The number of rotatable bonds is 4. The molecule has 1 aliphatic heterocycles. The number of allylic oxidation sites excluding steroid dienone is 2. The van der Waals surface area contributed by atoms with Crippen molar-refractivity contribution < 1.29 is 4.74 Å². The van der Waals surface area contributed by atoms with Crippen LogP contribution in [0.15, 0.2) is 24.1 Å². The Balaban J connectivity index is 2.51. The van der Waals surface area contributed by atoms with Crippen LogP contribution in [0.25, 0.3) is 0 Å². The summed E-state index contributed by atoms with van der Waals surface area (Å²) in [6.07, 6.45) is 6.69. The van der Waals surface area contributed by atoms with E-state index in [0.717, 1.165) is 25.2 Å². The van der Waals surface area contributed by atoms with Crippen molar-refractivity contribution >= 4 is 0 Å². The second-order valence-electron chi connectivity index (χ2n) is 2.68. The summed E-state index contributed by atoms with van der Waals surface area (Å²) < 4.78 is 4.97. The van der Waals surface area contributed by atoms with Crippen LogP contribution < -0.4 is 0 Å². The molecule has 0 N–H and O–H groups in total. The molecule has 0 unspecified atom stereocenters. The first kappa shape index (κ1) is 9.17. The average Bonchev–Trinajstić information content (AvgIpc) is 2.15. The molecule has 0 bridgehead atoms. The first-order valence-electron chi connectivity index (χ1n) is 4.42. The second-order valence-corrected chi connectivity index (χ2v) is 2.68. The van der Waals surface area contributed by atoms with Gasteiger partial charge in [0.15, 0.2) is 0 Å². The molecule has 2 radical (unpaired) electrons. The van der Waals surface area contributed by atoms with Gasteiger partial charge >= 0.3 is 0 Å². The Bertz CT molecular complexity index is 184. The lowest BCUT2D eigenvalue weighted by Crippen LogP contribution is -2.24. The molecule has 0 amide bonds. The van der Waals surface area contributed by atoms with E-state index in [1.807, 2.05) is 12.2 Å². The first-order valence-corrected chi connectivity index (χ1v) is 4.42. The second kappa shape index (κ2) is 4.86. The van der Waals surface area contributed by atoms with Crippen LogP contribution in [-0.2, 0) is 4.74 Å². The lowest BCUT2D eigenvalue weighted by atomic mass is 10.3. The molecule has 12 heavy (non-hydrogen) atoms. The van der Waals surface area contributed by atoms with Gasteiger partial charge in [-0.2, -0.15) is 0 Å². The van der Waals surface area contributed by atoms with Gasteiger partial charge in [0.25, 0.3) is 0 Å². The van der Waals surface area contributed by atoms with Crippen LogP contribution in [0.3, 0.4) is 0 Å². The quantitative estimate of drug-likeness (QED) is 0.633. The van der Waals surface area contributed by atoms with Gasteiger partial charge < -0.3 is 9.64 Å². The van der Waals surface area contributed by atoms with E-state index in [0.29, 0.717) is 0 Å². The van der Waals surface area contributed by atoms with Gasteiger partial charge in [-0.15, -0.1) is 0 Å². The zero-order chi connectivity index (χ0) is 8.81. The molecule has 0 spiro atoms. The summed E-state index contributed by atoms with van der Waals surface area (Å²) in [5.41, 5.74) is 1.04. The summed E-state index contributed by atoms with van der Waals surface area (Å²) in [5, 5.41) is 0. The predicted molar refractivity (Wildman–Crippen MR) is 49.1 cm³/mol. The van der Waals surface area contributed by atoms with Gasteiger partial charge in [-0.25, -0.2) is 0 Å². The molecule has 0 atom stereocenters. The van der Waals surface area contributed by atoms with Crippen molar-refractivity contribution in [1.29, 1.82) is 0 Å². The molecule has 66 valence electrons. The number of ether oxygens (including phenoxy) is 1. The fourth-order valence-corrected chi connectivity index (χ4v) is 1.19. The van der Waals surface area contributed by atoms with Gasteiger partial charge in [0.05, 0.1) is 12.0 Å². The largest absolute Gasteiger partial charge is 0.479 e. The fraction of sp³-hybridized carbons (Fsp3) is 0.500. The van der Waals surface area contributed by atoms with Crippen molar-refractivity contribution in [3.8, 4) is 0 Å². The Hall–Kier alpha value is -0.920. The zero-order valence-electron chi connectivity index (χ0n) is 7.71. The molecule has 0 aromatic heterocycles. The Kier molecular flexibility index (Phi) is 3.71. The Morgan fingerprint density at radius 2 is 2.33 bits per heavy atom. The summed E-state index contributed by atoms with van der Waals surface area (Å²) in [7, 11) is 0. The van der Waals surface area contributed by atoms with Crippen molar-refractivity contribution in [1.82, 2.24) is 4.90 Å². The number of hydrogen-bond donors (Lipinski definition) is 0. The smallest absolute Gasteiger partial charge is 0.246 e. The third-order valence-electron chi connectivity index (χ3n) is 1.78. The van der Waals surface area contributed by atoms with Crippen LogP contribution in [0, 0.1) is 6.61 Å². The lowest BCUT2D eigenvalue weighted by molar-refractivity contribution is 0.280. The monoisotopic (exact) mass is 165 g/mol. The van der Waals surface area contributed by atoms with Crippen LogP contribution in [0.5, 0.6) is 0 Å². The Labute approximate surface area is 74.5 Å². The van der Waals surface area contributed by atoms with E-state index in [9.17, 15) is 0 Å². The Morgan fingerprint density at radius 3 is 2.83 bits per heavy atom. The summed E-state index contributed by atoms with van der Waals surface area (Å²) in [4.78, 5) is 2.24. The fourth-order valence-electron chi connectivity index (χ4n) is 1.19. The van der Waals surface area contributed by atoms with Crippen LogP contribution >= 0.6 is 0 Å². The van der Waals surface area contributed by atoms with Crippen molar-refractivity contribution in [2.75, 3.05) is 13.1 Å². The number of hydrogen-bond acceptors (Lipinski definition) is 2. The van der Waals surface area contributed by atoms with E-state index in [4.69, 9.17) is 4.74 Å². The third-order valence-corrected chi connectivity index (χ3v) is 1.78. The van der Waals surface area contributed by atoms with E-state index in [-0.39, 0.29) is 0 Å². The molecular formula is C10H15NO.